The third-order valence-corrected chi connectivity index (χ3v) is 3.33. The fourth-order valence-corrected chi connectivity index (χ4v) is 2.94. The molecule has 1 aromatic carbocycles. The molecular weight excluding hydrogens is 224 g/mol. The van der Waals surface area contributed by atoms with Gasteiger partial charge >= 0.3 is 0 Å². The highest BCUT2D eigenvalue weighted by Gasteiger charge is 2.14. The predicted molar refractivity (Wildman–Crippen MR) is 79.9 cm³/mol. The summed E-state index contributed by atoms with van der Waals surface area (Å²) in [7, 11) is 1.16. The van der Waals surface area contributed by atoms with Crippen LogP contribution in [0.5, 0.6) is 0 Å². The Morgan fingerprint density at radius 1 is 1.18 bits per heavy atom. The molecule has 0 amide bonds. The van der Waals surface area contributed by atoms with E-state index in [-0.39, 0.29) is 0 Å². The van der Waals surface area contributed by atoms with Gasteiger partial charge in [0.15, 0.2) is 0 Å². The molecular formula is C14H24N2Si. The van der Waals surface area contributed by atoms with Gasteiger partial charge in [-0.1, -0.05) is 30.3 Å². The number of aliphatic imine (C=N–C) groups is 1. The zero-order valence-electron chi connectivity index (χ0n) is 11.6. The van der Waals surface area contributed by atoms with Crippen molar-refractivity contribution in [3.05, 3.63) is 35.9 Å². The maximum Gasteiger partial charge on any atom is 0.131 e. The van der Waals surface area contributed by atoms with Crippen LogP contribution in [0.3, 0.4) is 0 Å². The van der Waals surface area contributed by atoms with Gasteiger partial charge in [0.25, 0.3) is 0 Å². The first-order chi connectivity index (χ1) is 8.06. The van der Waals surface area contributed by atoms with Crippen LogP contribution >= 0.6 is 0 Å². The zero-order chi connectivity index (χ0) is 12.8. The summed E-state index contributed by atoms with van der Waals surface area (Å²) in [6, 6.07) is 11.3. The number of benzene rings is 1. The molecule has 0 radical (unpaired) electrons. The minimum absolute atomic E-state index is 0.333. The molecule has 2 nitrogen and oxygen atoms in total. The van der Waals surface area contributed by atoms with Gasteiger partial charge in [0.1, 0.15) is 5.84 Å². The summed E-state index contributed by atoms with van der Waals surface area (Å²) in [5, 5.41) is 0. The Balaban J connectivity index is 3.13. The molecule has 0 spiro atoms. The number of amidine groups is 1. The standard InChI is InChI=1S/C14H24N2Si/c1-11(2)15-14(16(10-17)12(3)4)13-8-6-5-7-9-13/h5-9,11-12H,10H2,1-4,17H3/b15-14+. The summed E-state index contributed by atoms with van der Waals surface area (Å²) in [5.41, 5.74) is 1.23. The minimum atomic E-state index is 0.333. The maximum atomic E-state index is 4.80. The van der Waals surface area contributed by atoms with Gasteiger partial charge in [-0.3, -0.25) is 4.99 Å². The van der Waals surface area contributed by atoms with Gasteiger partial charge in [0, 0.05) is 34.1 Å². The molecule has 1 aromatic rings. The molecule has 0 aromatic heterocycles. The third-order valence-electron chi connectivity index (χ3n) is 2.65. The lowest BCUT2D eigenvalue weighted by Gasteiger charge is -2.29. The number of hydrogen-bond acceptors (Lipinski definition) is 1. The predicted octanol–water partition coefficient (Wildman–Crippen LogP) is 1.87. The Morgan fingerprint density at radius 2 is 1.76 bits per heavy atom. The zero-order valence-corrected chi connectivity index (χ0v) is 13.6. The van der Waals surface area contributed by atoms with E-state index in [9.17, 15) is 0 Å². The SMILES string of the molecule is CC(C)/N=C(\c1ccccc1)N(C[SiH3])C(C)C. The summed E-state index contributed by atoms with van der Waals surface area (Å²) in [4.78, 5) is 7.21. The highest BCUT2D eigenvalue weighted by atomic mass is 28.1. The van der Waals surface area contributed by atoms with Crippen LogP contribution in [0.15, 0.2) is 35.3 Å². The highest BCUT2D eigenvalue weighted by Crippen LogP contribution is 2.10. The van der Waals surface area contributed by atoms with Crippen LogP contribution in [-0.4, -0.2) is 39.2 Å². The Kier molecular flexibility index (Phi) is 5.42. The smallest absolute Gasteiger partial charge is 0.131 e. The average molecular weight is 248 g/mol. The first kappa shape index (κ1) is 14.0. The van der Waals surface area contributed by atoms with Gasteiger partial charge in [-0.2, -0.15) is 0 Å². The molecule has 3 heteroatoms. The fraction of sp³-hybridized carbons (Fsp3) is 0.500. The van der Waals surface area contributed by atoms with Gasteiger partial charge in [0.2, 0.25) is 0 Å². The van der Waals surface area contributed by atoms with Crippen LogP contribution < -0.4 is 0 Å². The van der Waals surface area contributed by atoms with E-state index in [1.807, 2.05) is 0 Å². The molecule has 0 aliphatic heterocycles. The average Bonchev–Trinajstić information content (AvgIpc) is 2.29. The number of rotatable bonds is 4. The molecule has 1 rings (SSSR count). The lowest BCUT2D eigenvalue weighted by molar-refractivity contribution is 0.397. The molecule has 0 N–H and O–H groups in total. The second-order valence-electron chi connectivity index (χ2n) is 4.79. The quantitative estimate of drug-likeness (QED) is 0.451. The van der Waals surface area contributed by atoms with Crippen molar-refractivity contribution in [2.24, 2.45) is 4.99 Å². The number of nitrogens with zero attached hydrogens (tertiary/aromatic N) is 2. The Hall–Kier alpha value is -1.09. The van der Waals surface area contributed by atoms with E-state index in [0.717, 1.165) is 22.2 Å². The van der Waals surface area contributed by atoms with Crippen molar-refractivity contribution in [3.8, 4) is 0 Å². The Morgan fingerprint density at radius 3 is 2.18 bits per heavy atom. The van der Waals surface area contributed by atoms with E-state index >= 15 is 0 Å². The van der Waals surface area contributed by atoms with Crippen LogP contribution in [0.4, 0.5) is 0 Å². The van der Waals surface area contributed by atoms with Crippen LogP contribution in [0.2, 0.25) is 0 Å². The molecule has 0 bridgehead atoms. The molecule has 0 saturated carbocycles. The van der Waals surface area contributed by atoms with Crippen molar-refractivity contribution in [1.82, 2.24) is 4.90 Å². The Labute approximate surface area is 108 Å². The first-order valence-electron chi connectivity index (χ1n) is 6.46. The Bertz CT molecular complexity index is 358. The highest BCUT2D eigenvalue weighted by molar-refractivity contribution is 6.11. The molecule has 0 saturated heterocycles. The molecule has 17 heavy (non-hydrogen) atoms. The molecule has 0 heterocycles. The van der Waals surface area contributed by atoms with Crippen LogP contribution in [0.1, 0.15) is 33.3 Å². The third kappa shape index (κ3) is 4.00. The summed E-state index contributed by atoms with van der Waals surface area (Å²) >= 11 is 0. The van der Waals surface area contributed by atoms with Crippen LogP contribution in [0.25, 0.3) is 0 Å². The van der Waals surface area contributed by atoms with E-state index in [1.165, 1.54) is 5.56 Å². The van der Waals surface area contributed by atoms with Crippen molar-refractivity contribution < 1.29 is 0 Å². The second-order valence-corrected chi connectivity index (χ2v) is 5.42. The fourth-order valence-electron chi connectivity index (χ4n) is 1.91. The molecule has 0 aliphatic rings. The summed E-state index contributed by atoms with van der Waals surface area (Å²) < 4.78 is 0. The molecule has 0 atom stereocenters. The molecule has 0 aliphatic carbocycles. The largest absolute Gasteiger partial charge is 0.358 e. The van der Waals surface area contributed by atoms with Gasteiger partial charge in [0.05, 0.1) is 0 Å². The van der Waals surface area contributed by atoms with Crippen molar-refractivity contribution in [1.29, 1.82) is 0 Å². The summed E-state index contributed by atoms with van der Waals surface area (Å²) in [5.74, 6) is 1.14. The lowest BCUT2D eigenvalue weighted by atomic mass is 10.1. The van der Waals surface area contributed by atoms with Crippen LogP contribution in [0, 0.1) is 0 Å². The number of hydrogen-bond donors (Lipinski definition) is 0. The maximum absolute atomic E-state index is 4.80. The van der Waals surface area contributed by atoms with Gasteiger partial charge < -0.3 is 4.90 Å². The molecule has 0 fully saturated rings. The van der Waals surface area contributed by atoms with Crippen LogP contribution in [-0.2, 0) is 0 Å². The van der Waals surface area contributed by atoms with E-state index in [4.69, 9.17) is 4.99 Å². The summed E-state index contributed by atoms with van der Waals surface area (Å²) in [6.45, 7) is 8.73. The lowest BCUT2D eigenvalue weighted by Crippen LogP contribution is -2.39. The molecule has 94 valence electrons. The van der Waals surface area contributed by atoms with E-state index in [2.05, 4.69) is 62.9 Å². The van der Waals surface area contributed by atoms with Crippen molar-refractivity contribution >= 4 is 16.1 Å². The molecule has 0 unspecified atom stereocenters. The minimum Gasteiger partial charge on any atom is -0.358 e. The van der Waals surface area contributed by atoms with Crippen molar-refractivity contribution in [2.45, 2.75) is 39.8 Å². The van der Waals surface area contributed by atoms with Gasteiger partial charge in [-0.25, -0.2) is 0 Å². The normalized spacial score (nSPS) is 12.5. The van der Waals surface area contributed by atoms with E-state index in [1.54, 1.807) is 0 Å². The van der Waals surface area contributed by atoms with E-state index < -0.39 is 0 Å². The van der Waals surface area contributed by atoms with Crippen molar-refractivity contribution in [2.75, 3.05) is 6.17 Å². The van der Waals surface area contributed by atoms with Gasteiger partial charge in [-0.05, 0) is 27.7 Å². The second kappa shape index (κ2) is 6.60. The topological polar surface area (TPSA) is 15.6 Å². The monoisotopic (exact) mass is 248 g/mol. The van der Waals surface area contributed by atoms with Gasteiger partial charge in [-0.15, -0.1) is 0 Å². The van der Waals surface area contributed by atoms with E-state index in [0.29, 0.717) is 12.1 Å². The van der Waals surface area contributed by atoms with Crippen molar-refractivity contribution in [3.63, 3.8) is 0 Å². The first-order valence-corrected chi connectivity index (χ1v) is 7.87. The summed E-state index contributed by atoms with van der Waals surface area (Å²) in [6.07, 6.45) is 1.12.